The van der Waals surface area contributed by atoms with E-state index >= 15 is 0 Å². The standard InChI is InChI=1S/C19H21N5O3S/c1-11-3-4-13-8-12(2)17-22-23(19(27)24(17)15(13)7-11)6-5-20-18(26)14-9-28-10-16(25)21-14/h3-4,7-8,14H,5-6,9-10H2,1-2H3,(H,20,26)(H,21,25)/t14-/m1/s1. The Morgan fingerprint density at radius 1 is 1.32 bits per heavy atom. The van der Waals surface area contributed by atoms with Crippen LogP contribution in [0.15, 0.2) is 29.1 Å². The van der Waals surface area contributed by atoms with Gasteiger partial charge in [0.25, 0.3) is 0 Å². The van der Waals surface area contributed by atoms with Crippen LogP contribution in [0.1, 0.15) is 11.1 Å². The van der Waals surface area contributed by atoms with E-state index in [1.807, 2.05) is 38.1 Å². The molecule has 28 heavy (non-hydrogen) atoms. The number of pyridine rings is 1. The molecule has 1 saturated heterocycles. The summed E-state index contributed by atoms with van der Waals surface area (Å²) >= 11 is 1.43. The van der Waals surface area contributed by atoms with E-state index in [1.165, 1.54) is 16.4 Å². The minimum atomic E-state index is -0.529. The Morgan fingerprint density at radius 3 is 2.93 bits per heavy atom. The molecule has 2 N–H and O–H groups in total. The molecule has 3 aromatic rings. The Balaban J connectivity index is 1.55. The van der Waals surface area contributed by atoms with Crippen LogP contribution < -0.4 is 16.3 Å². The smallest absolute Gasteiger partial charge is 0.350 e. The van der Waals surface area contributed by atoms with Crippen LogP contribution in [0.5, 0.6) is 0 Å². The van der Waals surface area contributed by atoms with Crippen LogP contribution in [0.3, 0.4) is 0 Å². The maximum absolute atomic E-state index is 12.9. The van der Waals surface area contributed by atoms with Gasteiger partial charge in [-0.2, -0.15) is 0 Å². The van der Waals surface area contributed by atoms with Crippen molar-refractivity contribution in [3.05, 3.63) is 45.9 Å². The number of aromatic nitrogens is 3. The van der Waals surface area contributed by atoms with Crippen molar-refractivity contribution in [3.8, 4) is 0 Å². The Labute approximate surface area is 165 Å². The summed E-state index contributed by atoms with van der Waals surface area (Å²) in [4.78, 5) is 36.5. The Bertz CT molecular complexity index is 1150. The van der Waals surface area contributed by atoms with Crippen LogP contribution in [-0.4, -0.2) is 50.1 Å². The number of nitrogens with one attached hydrogen (secondary N) is 2. The van der Waals surface area contributed by atoms with Gasteiger partial charge in [-0.25, -0.2) is 13.9 Å². The lowest BCUT2D eigenvalue weighted by molar-refractivity contribution is -0.127. The van der Waals surface area contributed by atoms with Crippen LogP contribution in [0.2, 0.25) is 0 Å². The van der Waals surface area contributed by atoms with Crippen LogP contribution >= 0.6 is 11.8 Å². The molecule has 1 aliphatic rings. The Morgan fingerprint density at radius 2 is 2.14 bits per heavy atom. The number of benzene rings is 1. The van der Waals surface area contributed by atoms with Gasteiger partial charge in [0.05, 0.1) is 17.8 Å². The number of rotatable bonds is 4. The fraction of sp³-hybridized carbons (Fsp3) is 0.368. The topological polar surface area (TPSA) is 97.5 Å². The van der Waals surface area contributed by atoms with Gasteiger partial charge in [0.1, 0.15) is 6.04 Å². The first-order valence-corrected chi connectivity index (χ1v) is 10.2. The molecule has 3 heterocycles. The molecule has 0 saturated carbocycles. The molecular weight excluding hydrogens is 378 g/mol. The van der Waals surface area contributed by atoms with Crippen molar-refractivity contribution >= 4 is 40.1 Å². The SMILES string of the molecule is Cc1ccc2cc(C)c3nn(CCNC(=O)[C@H]4CSCC(=O)N4)c(=O)n3c2c1. The quantitative estimate of drug-likeness (QED) is 0.670. The Kier molecular flexibility index (Phi) is 4.84. The maximum Gasteiger partial charge on any atom is 0.350 e. The predicted molar refractivity (Wildman–Crippen MR) is 109 cm³/mol. The number of amides is 2. The molecule has 1 atom stereocenters. The van der Waals surface area contributed by atoms with E-state index in [-0.39, 0.29) is 30.6 Å². The first kappa shape index (κ1) is 18.5. The zero-order valence-electron chi connectivity index (χ0n) is 15.7. The van der Waals surface area contributed by atoms with Crippen molar-refractivity contribution in [2.75, 3.05) is 18.1 Å². The fourth-order valence-corrected chi connectivity index (χ4v) is 4.25. The lowest BCUT2D eigenvalue weighted by Crippen LogP contribution is -2.52. The van der Waals surface area contributed by atoms with Gasteiger partial charge in [-0.15, -0.1) is 16.9 Å². The lowest BCUT2D eigenvalue weighted by Gasteiger charge is -2.21. The van der Waals surface area contributed by atoms with E-state index in [4.69, 9.17) is 0 Å². The first-order chi connectivity index (χ1) is 13.4. The highest BCUT2D eigenvalue weighted by atomic mass is 32.2. The van der Waals surface area contributed by atoms with Crippen LogP contribution in [0.25, 0.3) is 16.6 Å². The number of aryl methyl sites for hydroxylation is 2. The van der Waals surface area contributed by atoms with Gasteiger partial charge >= 0.3 is 5.69 Å². The first-order valence-electron chi connectivity index (χ1n) is 9.08. The third-order valence-corrected chi connectivity index (χ3v) is 5.82. The summed E-state index contributed by atoms with van der Waals surface area (Å²) in [7, 11) is 0. The minimum Gasteiger partial charge on any atom is -0.352 e. The molecule has 0 aliphatic carbocycles. The molecule has 1 aliphatic heterocycles. The lowest BCUT2D eigenvalue weighted by atomic mass is 10.1. The second kappa shape index (κ2) is 7.31. The van der Waals surface area contributed by atoms with Crippen LogP contribution in [0.4, 0.5) is 0 Å². The van der Waals surface area contributed by atoms with Gasteiger partial charge in [0, 0.05) is 12.3 Å². The molecule has 0 spiro atoms. The van der Waals surface area contributed by atoms with Gasteiger partial charge in [-0.3, -0.25) is 9.59 Å². The molecular formula is C19H21N5O3S. The summed E-state index contributed by atoms with van der Waals surface area (Å²) in [6.45, 7) is 4.43. The van der Waals surface area contributed by atoms with E-state index in [1.54, 1.807) is 4.40 Å². The number of hydrogen-bond donors (Lipinski definition) is 2. The molecule has 4 rings (SSSR count). The van der Waals surface area contributed by atoms with Crippen molar-refractivity contribution < 1.29 is 9.59 Å². The molecule has 2 amide bonds. The number of carbonyl (C=O) groups is 2. The van der Waals surface area contributed by atoms with Gasteiger partial charge < -0.3 is 10.6 Å². The van der Waals surface area contributed by atoms with E-state index in [9.17, 15) is 14.4 Å². The molecule has 2 aromatic heterocycles. The van der Waals surface area contributed by atoms with Crippen LogP contribution in [0, 0.1) is 13.8 Å². The summed E-state index contributed by atoms with van der Waals surface area (Å²) in [5.74, 6) is 0.559. The average Bonchev–Trinajstić information content (AvgIpc) is 3.00. The second-order valence-corrected chi connectivity index (χ2v) is 8.01. The molecule has 0 radical (unpaired) electrons. The molecule has 9 heteroatoms. The second-order valence-electron chi connectivity index (χ2n) is 6.98. The Hall–Kier alpha value is -2.81. The minimum absolute atomic E-state index is 0.134. The number of carbonyl (C=O) groups excluding carboxylic acids is 2. The molecule has 146 valence electrons. The summed E-state index contributed by atoms with van der Waals surface area (Å²) in [5, 5.41) is 10.9. The van der Waals surface area contributed by atoms with Crippen molar-refractivity contribution in [2.24, 2.45) is 0 Å². The van der Waals surface area contributed by atoms with Gasteiger partial charge in [-0.1, -0.05) is 12.1 Å². The largest absolute Gasteiger partial charge is 0.352 e. The van der Waals surface area contributed by atoms with Crippen molar-refractivity contribution in [1.29, 1.82) is 0 Å². The van der Waals surface area contributed by atoms with Crippen molar-refractivity contribution in [3.63, 3.8) is 0 Å². The summed E-state index contributed by atoms with van der Waals surface area (Å²) in [5.41, 5.74) is 3.19. The number of nitrogens with zero attached hydrogens (tertiary/aromatic N) is 3. The summed E-state index contributed by atoms with van der Waals surface area (Å²) < 4.78 is 3.00. The van der Waals surface area contributed by atoms with Crippen molar-refractivity contribution in [2.45, 2.75) is 26.4 Å². The maximum atomic E-state index is 12.9. The molecule has 8 nitrogen and oxygen atoms in total. The predicted octanol–water partition coefficient (Wildman–Crippen LogP) is 0.614. The van der Waals surface area contributed by atoms with E-state index in [0.29, 0.717) is 17.2 Å². The third-order valence-electron chi connectivity index (χ3n) is 4.78. The average molecular weight is 399 g/mol. The monoisotopic (exact) mass is 399 g/mol. The fourth-order valence-electron chi connectivity index (χ4n) is 3.39. The molecule has 0 bridgehead atoms. The highest BCUT2D eigenvalue weighted by Crippen LogP contribution is 2.19. The van der Waals surface area contributed by atoms with Gasteiger partial charge in [-0.05, 0) is 42.5 Å². The number of thioether (sulfide) groups is 1. The van der Waals surface area contributed by atoms with E-state index in [2.05, 4.69) is 15.7 Å². The van der Waals surface area contributed by atoms with Crippen molar-refractivity contribution in [1.82, 2.24) is 24.8 Å². The zero-order valence-corrected chi connectivity index (χ0v) is 16.5. The highest BCUT2D eigenvalue weighted by molar-refractivity contribution is 8.00. The summed E-state index contributed by atoms with van der Waals surface area (Å²) in [6, 6.07) is 7.48. The van der Waals surface area contributed by atoms with E-state index in [0.717, 1.165) is 22.0 Å². The molecule has 0 unspecified atom stereocenters. The van der Waals surface area contributed by atoms with E-state index < -0.39 is 6.04 Å². The third kappa shape index (κ3) is 3.37. The molecule has 1 aromatic carbocycles. The highest BCUT2D eigenvalue weighted by Gasteiger charge is 2.24. The van der Waals surface area contributed by atoms with Gasteiger partial charge in [0.15, 0.2) is 5.65 Å². The molecule has 1 fully saturated rings. The number of hydrogen-bond acceptors (Lipinski definition) is 5. The zero-order chi connectivity index (χ0) is 19.8. The number of fused-ring (bicyclic) bond motifs is 3. The normalized spacial score (nSPS) is 17.1. The summed E-state index contributed by atoms with van der Waals surface area (Å²) in [6.07, 6.45) is 0. The van der Waals surface area contributed by atoms with Crippen LogP contribution in [-0.2, 0) is 16.1 Å². The van der Waals surface area contributed by atoms with Gasteiger partial charge in [0.2, 0.25) is 11.8 Å².